The van der Waals surface area contributed by atoms with Gasteiger partial charge in [0.1, 0.15) is 5.75 Å². The number of amides is 1. The van der Waals surface area contributed by atoms with E-state index in [1.807, 2.05) is 48.5 Å². The number of nitrogens with zero attached hydrogens (tertiary/aromatic N) is 1. The van der Waals surface area contributed by atoms with Crippen LogP contribution in [0.5, 0.6) is 5.75 Å². The molecule has 0 aromatic heterocycles. The highest BCUT2D eigenvalue weighted by Crippen LogP contribution is 2.16. The molecule has 2 aromatic carbocycles. The second-order valence-electron chi connectivity index (χ2n) is 6.08. The molecule has 6 heteroatoms. The summed E-state index contributed by atoms with van der Waals surface area (Å²) in [5.74, 6) is -0.134. The zero-order valence-corrected chi connectivity index (χ0v) is 15.1. The van der Waals surface area contributed by atoms with Crippen LogP contribution >= 0.6 is 0 Å². The number of nitrogens with one attached hydrogen (secondary N) is 1. The molecule has 0 bridgehead atoms. The molecule has 0 fully saturated rings. The first-order chi connectivity index (χ1) is 12.5. The molecule has 2 aromatic rings. The third-order valence-electron chi connectivity index (χ3n) is 3.89. The van der Waals surface area contributed by atoms with E-state index in [4.69, 9.17) is 9.84 Å². The third kappa shape index (κ3) is 6.57. The van der Waals surface area contributed by atoms with Gasteiger partial charge in [0.25, 0.3) is 0 Å². The van der Waals surface area contributed by atoms with Gasteiger partial charge in [-0.05, 0) is 35.4 Å². The fourth-order valence-corrected chi connectivity index (χ4v) is 2.61. The second-order valence-corrected chi connectivity index (χ2v) is 6.08. The molecule has 26 heavy (non-hydrogen) atoms. The highest BCUT2D eigenvalue weighted by molar-refractivity contribution is 5.88. The van der Waals surface area contributed by atoms with Gasteiger partial charge >= 0.3 is 5.97 Å². The number of hydrogen-bond donors (Lipinski definition) is 2. The first-order valence-electron chi connectivity index (χ1n) is 8.40. The van der Waals surface area contributed by atoms with Gasteiger partial charge in [0.05, 0.1) is 13.5 Å². The number of hydrogen-bond acceptors (Lipinski definition) is 4. The molecule has 6 nitrogen and oxygen atoms in total. The maximum absolute atomic E-state index is 11.1. The molecule has 2 rings (SSSR count). The Balaban J connectivity index is 2.05. The Morgan fingerprint density at radius 2 is 1.54 bits per heavy atom. The SMILES string of the molecule is COc1ccc(CN(CCC(=O)O)Cc2ccc(NC(C)=O)cc2)cc1. The lowest BCUT2D eigenvalue weighted by molar-refractivity contribution is -0.137. The summed E-state index contributed by atoms with van der Waals surface area (Å²) >= 11 is 0. The minimum Gasteiger partial charge on any atom is -0.497 e. The minimum absolute atomic E-state index is 0.0835. The van der Waals surface area contributed by atoms with Gasteiger partial charge < -0.3 is 15.2 Å². The molecular weight excluding hydrogens is 332 g/mol. The summed E-state index contributed by atoms with van der Waals surface area (Å²) in [7, 11) is 1.62. The van der Waals surface area contributed by atoms with Crippen molar-refractivity contribution >= 4 is 17.6 Å². The number of ether oxygens (including phenoxy) is 1. The Morgan fingerprint density at radius 1 is 1.00 bits per heavy atom. The van der Waals surface area contributed by atoms with Crippen molar-refractivity contribution in [2.24, 2.45) is 0 Å². The van der Waals surface area contributed by atoms with E-state index in [-0.39, 0.29) is 12.3 Å². The van der Waals surface area contributed by atoms with Gasteiger partial charge in [0.2, 0.25) is 5.91 Å². The van der Waals surface area contributed by atoms with E-state index in [0.717, 1.165) is 22.6 Å². The molecule has 0 spiro atoms. The lowest BCUT2D eigenvalue weighted by Crippen LogP contribution is -2.25. The Morgan fingerprint density at radius 3 is 2.00 bits per heavy atom. The monoisotopic (exact) mass is 356 g/mol. The third-order valence-corrected chi connectivity index (χ3v) is 3.89. The molecular formula is C20H24N2O4. The van der Waals surface area contributed by atoms with Crippen molar-refractivity contribution in [3.05, 3.63) is 59.7 Å². The van der Waals surface area contributed by atoms with E-state index in [1.165, 1.54) is 6.92 Å². The summed E-state index contributed by atoms with van der Waals surface area (Å²) in [5, 5.41) is 11.7. The summed E-state index contributed by atoms with van der Waals surface area (Å²) in [4.78, 5) is 24.1. The quantitative estimate of drug-likeness (QED) is 0.722. The van der Waals surface area contributed by atoms with Crippen LogP contribution < -0.4 is 10.1 Å². The number of carboxylic acids is 1. The Labute approximate surface area is 153 Å². The maximum atomic E-state index is 11.1. The number of anilines is 1. The van der Waals surface area contributed by atoms with Gasteiger partial charge in [-0.15, -0.1) is 0 Å². The zero-order chi connectivity index (χ0) is 18.9. The summed E-state index contributed by atoms with van der Waals surface area (Å²) in [5.41, 5.74) is 2.89. The number of methoxy groups -OCH3 is 1. The first-order valence-corrected chi connectivity index (χ1v) is 8.40. The van der Waals surface area contributed by atoms with Crippen molar-refractivity contribution in [3.63, 3.8) is 0 Å². The number of carbonyl (C=O) groups is 2. The Kier molecular flexibility index (Phi) is 7.17. The van der Waals surface area contributed by atoms with Crippen molar-refractivity contribution in [2.75, 3.05) is 19.0 Å². The molecule has 2 N–H and O–H groups in total. The average Bonchev–Trinajstić information content (AvgIpc) is 2.61. The van der Waals surface area contributed by atoms with Crippen LogP contribution in [-0.4, -0.2) is 35.5 Å². The van der Waals surface area contributed by atoms with E-state index in [2.05, 4.69) is 10.2 Å². The second kappa shape index (κ2) is 9.58. The number of benzene rings is 2. The van der Waals surface area contributed by atoms with Crippen LogP contribution in [0.2, 0.25) is 0 Å². The van der Waals surface area contributed by atoms with Gasteiger partial charge in [-0.25, -0.2) is 0 Å². The first kappa shape index (κ1) is 19.5. The van der Waals surface area contributed by atoms with Crippen molar-refractivity contribution in [2.45, 2.75) is 26.4 Å². The fourth-order valence-electron chi connectivity index (χ4n) is 2.61. The van der Waals surface area contributed by atoms with Crippen LogP contribution in [0.25, 0.3) is 0 Å². The van der Waals surface area contributed by atoms with Crippen molar-refractivity contribution in [1.29, 1.82) is 0 Å². The molecule has 0 aliphatic rings. The molecule has 0 heterocycles. The van der Waals surface area contributed by atoms with Gasteiger partial charge in [0, 0.05) is 32.2 Å². The molecule has 0 saturated carbocycles. The van der Waals surface area contributed by atoms with Gasteiger partial charge in [-0.2, -0.15) is 0 Å². The predicted molar refractivity (Wildman–Crippen MR) is 100 cm³/mol. The molecule has 0 atom stereocenters. The van der Waals surface area contributed by atoms with Crippen LogP contribution in [-0.2, 0) is 22.7 Å². The van der Waals surface area contributed by atoms with E-state index in [0.29, 0.717) is 19.6 Å². The van der Waals surface area contributed by atoms with E-state index >= 15 is 0 Å². The zero-order valence-electron chi connectivity index (χ0n) is 15.1. The molecule has 138 valence electrons. The predicted octanol–water partition coefficient (Wildman–Crippen LogP) is 3.13. The number of rotatable bonds is 9. The lowest BCUT2D eigenvalue weighted by Gasteiger charge is -2.22. The van der Waals surface area contributed by atoms with Gasteiger partial charge in [-0.1, -0.05) is 24.3 Å². The van der Waals surface area contributed by atoms with Crippen molar-refractivity contribution < 1.29 is 19.4 Å². The summed E-state index contributed by atoms with van der Waals surface area (Å²) in [6.45, 7) is 3.19. The summed E-state index contributed by atoms with van der Waals surface area (Å²) in [6, 6.07) is 15.3. The fraction of sp³-hybridized carbons (Fsp3) is 0.300. The molecule has 0 saturated heterocycles. The maximum Gasteiger partial charge on any atom is 0.304 e. The van der Waals surface area contributed by atoms with E-state index in [1.54, 1.807) is 7.11 Å². The highest BCUT2D eigenvalue weighted by Gasteiger charge is 2.10. The number of aliphatic carboxylic acids is 1. The largest absolute Gasteiger partial charge is 0.497 e. The Bertz CT molecular complexity index is 726. The van der Waals surface area contributed by atoms with Crippen LogP contribution in [0.15, 0.2) is 48.5 Å². The van der Waals surface area contributed by atoms with Crippen molar-refractivity contribution in [1.82, 2.24) is 4.90 Å². The number of carbonyl (C=O) groups excluding carboxylic acids is 1. The molecule has 0 aliphatic heterocycles. The standard InChI is InChI=1S/C20H24N2O4/c1-15(23)21-18-7-3-16(4-8-18)13-22(12-11-20(24)25)14-17-5-9-19(26-2)10-6-17/h3-10H,11-14H2,1-2H3,(H,21,23)(H,24,25). The van der Waals surface area contributed by atoms with Crippen LogP contribution in [0, 0.1) is 0 Å². The van der Waals surface area contributed by atoms with Crippen LogP contribution in [0.4, 0.5) is 5.69 Å². The van der Waals surface area contributed by atoms with Crippen LogP contribution in [0.3, 0.4) is 0 Å². The van der Waals surface area contributed by atoms with Gasteiger partial charge in [-0.3, -0.25) is 14.5 Å². The highest BCUT2D eigenvalue weighted by atomic mass is 16.5. The molecule has 1 amide bonds. The topological polar surface area (TPSA) is 78.9 Å². The molecule has 0 aliphatic carbocycles. The lowest BCUT2D eigenvalue weighted by atomic mass is 10.1. The average molecular weight is 356 g/mol. The van der Waals surface area contributed by atoms with Crippen molar-refractivity contribution in [3.8, 4) is 5.75 Å². The van der Waals surface area contributed by atoms with E-state index in [9.17, 15) is 9.59 Å². The minimum atomic E-state index is -0.814. The van der Waals surface area contributed by atoms with Gasteiger partial charge in [0.15, 0.2) is 0 Å². The van der Waals surface area contributed by atoms with E-state index < -0.39 is 5.97 Å². The smallest absolute Gasteiger partial charge is 0.304 e. The molecule has 0 unspecified atom stereocenters. The summed E-state index contributed by atoms with van der Waals surface area (Å²) < 4.78 is 5.17. The number of carboxylic acid groups (broad SMARTS) is 1. The van der Waals surface area contributed by atoms with Crippen LogP contribution in [0.1, 0.15) is 24.5 Å². The molecule has 0 radical (unpaired) electrons. The summed E-state index contributed by atoms with van der Waals surface area (Å²) in [6.07, 6.45) is 0.0835. The Hall–Kier alpha value is -2.86. The normalized spacial score (nSPS) is 10.6.